The molecule has 4 aromatic carbocycles. The van der Waals surface area contributed by atoms with Crippen LogP contribution in [0, 0.1) is 0 Å². The standard InChI is InChI=1S/C27H20/c1-3-7-24-18(5-1)9-10-22-15-19(11-13-26(22)24)20-12-14-27-23(16-20)17-21-6-2-4-8-25(21)27/h1-8,11-16H,9-10,17H2. The van der Waals surface area contributed by atoms with Crippen molar-refractivity contribution in [3.05, 3.63) is 107 Å². The van der Waals surface area contributed by atoms with Crippen LogP contribution in [0.25, 0.3) is 33.4 Å². The third kappa shape index (κ3) is 2.30. The van der Waals surface area contributed by atoms with Crippen LogP contribution in [0.1, 0.15) is 22.3 Å². The fourth-order valence-electron chi connectivity index (χ4n) is 4.84. The minimum Gasteiger partial charge on any atom is -0.0620 e. The van der Waals surface area contributed by atoms with Gasteiger partial charge in [-0.3, -0.25) is 0 Å². The zero-order valence-electron chi connectivity index (χ0n) is 15.2. The molecule has 0 heterocycles. The molecular weight excluding hydrogens is 324 g/mol. The van der Waals surface area contributed by atoms with Crippen molar-refractivity contribution >= 4 is 0 Å². The second-order valence-electron chi connectivity index (χ2n) is 7.73. The SMILES string of the molecule is c1ccc2c(c1)CCc1cc(-c3ccc4c(c3)Cc3ccccc3-4)ccc1-2. The Morgan fingerprint density at radius 1 is 0.407 bits per heavy atom. The van der Waals surface area contributed by atoms with Gasteiger partial charge in [0.2, 0.25) is 0 Å². The van der Waals surface area contributed by atoms with E-state index in [-0.39, 0.29) is 0 Å². The minimum absolute atomic E-state index is 1.05. The molecule has 128 valence electrons. The van der Waals surface area contributed by atoms with Crippen molar-refractivity contribution in [3.8, 4) is 33.4 Å². The second kappa shape index (κ2) is 5.69. The van der Waals surface area contributed by atoms with Crippen molar-refractivity contribution < 1.29 is 0 Å². The molecule has 4 aromatic rings. The van der Waals surface area contributed by atoms with Gasteiger partial charge >= 0.3 is 0 Å². The molecule has 0 saturated carbocycles. The van der Waals surface area contributed by atoms with Gasteiger partial charge in [-0.25, -0.2) is 0 Å². The molecule has 0 amide bonds. The highest BCUT2D eigenvalue weighted by atomic mass is 14.2. The van der Waals surface area contributed by atoms with Gasteiger partial charge in [-0.05, 0) is 74.9 Å². The van der Waals surface area contributed by atoms with E-state index >= 15 is 0 Å². The number of hydrogen-bond acceptors (Lipinski definition) is 0. The summed E-state index contributed by atoms with van der Waals surface area (Å²) in [6.45, 7) is 0. The number of benzene rings is 4. The first-order valence-corrected chi connectivity index (χ1v) is 9.79. The number of rotatable bonds is 1. The summed E-state index contributed by atoms with van der Waals surface area (Å²) in [6.07, 6.45) is 3.33. The van der Waals surface area contributed by atoms with Gasteiger partial charge < -0.3 is 0 Å². The van der Waals surface area contributed by atoms with Gasteiger partial charge in [-0.2, -0.15) is 0 Å². The zero-order valence-corrected chi connectivity index (χ0v) is 15.2. The maximum atomic E-state index is 2.41. The fraction of sp³-hybridized carbons (Fsp3) is 0.111. The van der Waals surface area contributed by atoms with Crippen LogP contribution < -0.4 is 0 Å². The van der Waals surface area contributed by atoms with Crippen LogP contribution in [0.15, 0.2) is 84.9 Å². The van der Waals surface area contributed by atoms with Crippen LogP contribution in [0.5, 0.6) is 0 Å². The average Bonchev–Trinajstić information content (AvgIpc) is 3.11. The van der Waals surface area contributed by atoms with Crippen LogP contribution >= 0.6 is 0 Å². The smallest absolute Gasteiger partial charge is 0.00132 e. The summed E-state index contributed by atoms with van der Waals surface area (Å²) in [6, 6.07) is 31.7. The predicted molar refractivity (Wildman–Crippen MR) is 113 cm³/mol. The molecule has 27 heavy (non-hydrogen) atoms. The Labute approximate surface area is 160 Å². The van der Waals surface area contributed by atoms with E-state index in [1.165, 1.54) is 55.6 Å². The molecule has 0 bridgehead atoms. The summed E-state index contributed by atoms with van der Waals surface area (Å²) in [5.74, 6) is 0. The molecule has 0 radical (unpaired) electrons. The van der Waals surface area contributed by atoms with Gasteiger partial charge in [0.15, 0.2) is 0 Å². The van der Waals surface area contributed by atoms with Crippen molar-refractivity contribution in [2.24, 2.45) is 0 Å². The van der Waals surface area contributed by atoms with E-state index in [0.29, 0.717) is 0 Å². The monoisotopic (exact) mass is 344 g/mol. The molecule has 2 aliphatic rings. The van der Waals surface area contributed by atoms with Gasteiger partial charge in [-0.15, -0.1) is 0 Å². The van der Waals surface area contributed by atoms with Crippen molar-refractivity contribution in [2.75, 3.05) is 0 Å². The Hall–Kier alpha value is -3.12. The lowest BCUT2D eigenvalue weighted by molar-refractivity contribution is 0.942. The van der Waals surface area contributed by atoms with E-state index in [1.54, 1.807) is 0 Å². The van der Waals surface area contributed by atoms with Gasteiger partial charge in [0, 0.05) is 0 Å². The number of hydrogen-bond donors (Lipinski definition) is 0. The Balaban J connectivity index is 1.42. The molecule has 0 aliphatic heterocycles. The van der Waals surface area contributed by atoms with Gasteiger partial charge in [0.05, 0.1) is 0 Å². The third-order valence-electron chi connectivity index (χ3n) is 6.20. The maximum Gasteiger partial charge on any atom is -0.00132 e. The lowest BCUT2D eigenvalue weighted by Crippen LogP contribution is -2.03. The average molecular weight is 344 g/mol. The summed E-state index contributed by atoms with van der Waals surface area (Å²) in [5, 5.41) is 0. The number of fused-ring (bicyclic) bond motifs is 6. The van der Waals surface area contributed by atoms with Gasteiger partial charge in [0.1, 0.15) is 0 Å². The maximum absolute atomic E-state index is 2.41. The highest BCUT2D eigenvalue weighted by molar-refractivity contribution is 5.82. The van der Waals surface area contributed by atoms with Crippen LogP contribution in [-0.4, -0.2) is 0 Å². The molecule has 0 aromatic heterocycles. The topological polar surface area (TPSA) is 0 Å². The molecule has 0 atom stereocenters. The molecule has 0 nitrogen and oxygen atoms in total. The zero-order chi connectivity index (χ0) is 17.8. The summed E-state index contributed by atoms with van der Waals surface area (Å²) in [4.78, 5) is 0. The van der Waals surface area contributed by atoms with E-state index in [2.05, 4.69) is 84.9 Å². The summed E-state index contributed by atoms with van der Waals surface area (Å²) in [7, 11) is 0. The van der Waals surface area contributed by atoms with Crippen molar-refractivity contribution in [1.82, 2.24) is 0 Å². The van der Waals surface area contributed by atoms with Crippen molar-refractivity contribution in [1.29, 1.82) is 0 Å². The molecule has 0 saturated heterocycles. The summed E-state index contributed by atoms with van der Waals surface area (Å²) < 4.78 is 0. The molecule has 0 fully saturated rings. The Kier molecular flexibility index (Phi) is 3.16. The Morgan fingerprint density at radius 3 is 1.70 bits per heavy atom. The molecule has 6 rings (SSSR count). The summed E-state index contributed by atoms with van der Waals surface area (Å²) in [5.41, 5.74) is 14.2. The largest absolute Gasteiger partial charge is 0.0620 e. The predicted octanol–water partition coefficient (Wildman–Crippen LogP) is 6.69. The van der Waals surface area contributed by atoms with E-state index in [1.807, 2.05) is 0 Å². The molecule has 0 unspecified atom stereocenters. The lowest BCUT2D eigenvalue weighted by atomic mass is 9.84. The Bertz CT molecular complexity index is 1200. The molecule has 0 heteroatoms. The van der Waals surface area contributed by atoms with E-state index in [0.717, 1.165) is 19.3 Å². The lowest BCUT2D eigenvalue weighted by Gasteiger charge is -2.20. The van der Waals surface area contributed by atoms with E-state index < -0.39 is 0 Å². The van der Waals surface area contributed by atoms with Crippen LogP contribution in [-0.2, 0) is 19.3 Å². The molecule has 2 aliphatic carbocycles. The highest BCUT2D eigenvalue weighted by Crippen LogP contribution is 2.40. The fourth-order valence-corrected chi connectivity index (χ4v) is 4.84. The Morgan fingerprint density at radius 2 is 0.926 bits per heavy atom. The van der Waals surface area contributed by atoms with Gasteiger partial charge in [-0.1, -0.05) is 84.9 Å². The van der Waals surface area contributed by atoms with Crippen LogP contribution in [0.3, 0.4) is 0 Å². The van der Waals surface area contributed by atoms with Gasteiger partial charge in [0.25, 0.3) is 0 Å². The molecule has 0 spiro atoms. The van der Waals surface area contributed by atoms with Crippen molar-refractivity contribution in [2.45, 2.75) is 19.3 Å². The quantitative estimate of drug-likeness (QED) is 0.318. The van der Waals surface area contributed by atoms with Crippen LogP contribution in [0.4, 0.5) is 0 Å². The van der Waals surface area contributed by atoms with Crippen molar-refractivity contribution in [3.63, 3.8) is 0 Å². The van der Waals surface area contributed by atoms with Crippen LogP contribution in [0.2, 0.25) is 0 Å². The number of aryl methyl sites for hydroxylation is 2. The minimum atomic E-state index is 1.05. The normalized spacial score (nSPS) is 13.5. The first-order valence-electron chi connectivity index (χ1n) is 9.79. The summed E-state index contributed by atoms with van der Waals surface area (Å²) >= 11 is 0. The first-order chi connectivity index (χ1) is 13.4. The van der Waals surface area contributed by atoms with E-state index in [4.69, 9.17) is 0 Å². The molecular formula is C27H20. The third-order valence-corrected chi connectivity index (χ3v) is 6.20. The molecule has 0 N–H and O–H groups in total. The van der Waals surface area contributed by atoms with E-state index in [9.17, 15) is 0 Å². The second-order valence-corrected chi connectivity index (χ2v) is 7.73. The highest BCUT2D eigenvalue weighted by Gasteiger charge is 2.19. The first kappa shape index (κ1) is 15.0.